The predicted molar refractivity (Wildman–Crippen MR) is 120 cm³/mol. The Kier molecular flexibility index (Phi) is 11.3. The molecule has 0 bridgehead atoms. The molecule has 0 fully saturated rings. The molecule has 166 valence electrons. The Bertz CT molecular complexity index is 789. The Labute approximate surface area is 188 Å². The van der Waals surface area contributed by atoms with Gasteiger partial charge in [0.1, 0.15) is 12.4 Å². The molecule has 7 heteroatoms. The lowest BCUT2D eigenvalue weighted by atomic mass is 10.2. The maximum Gasteiger partial charge on any atom is 0.180 e. The molecule has 0 unspecified atom stereocenters. The minimum atomic E-state index is -0.388. The molecule has 0 amide bonds. The standard InChI is InChI=1S/C23H30Cl2FNO3/c1-3-5-10-28-11-6-9-27-15-17-12-21(25)23(22(13-17)29-4-2)30-16-18-7-8-19(26)14-20(18)24/h7-8,12-14,27H,3-6,9-11,15-16H2,1-2H3. The number of hydrogen-bond donors (Lipinski definition) is 1. The van der Waals surface area contributed by atoms with E-state index in [4.69, 9.17) is 37.4 Å². The van der Waals surface area contributed by atoms with Gasteiger partial charge < -0.3 is 19.5 Å². The van der Waals surface area contributed by atoms with E-state index < -0.39 is 0 Å². The first-order valence-electron chi connectivity index (χ1n) is 10.4. The smallest absolute Gasteiger partial charge is 0.180 e. The van der Waals surface area contributed by atoms with Crippen molar-refractivity contribution in [1.29, 1.82) is 0 Å². The van der Waals surface area contributed by atoms with Gasteiger partial charge in [0.05, 0.1) is 16.7 Å². The Hall–Kier alpha value is -1.53. The summed E-state index contributed by atoms with van der Waals surface area (Å²) in [5, 5.41) is 4.16. The Morgan fingerprint density at radius 1 is 0.967 bits per heavy atom. The van der Waals surface area contributed by atoms with Gasteiger partial charge >= 0.3 is 0 Å². The molecule has 0 saturated heterocycles. The Morgan fingerprint density at radius 2 is 1.77 bits per heavy atom. The second kappa shape index (κ2) is 13.7. The summed E-state index contributed by atoms with van der Waals surface area (Å²) in [5.74, 6) is 0.635. The lowest BCUT2D eigenvalue weighted by molar-refractivity contribution is 0.129. The van der Waals surface area contributed by atoms with Crippen molar-refractivity contribution in [2.45, 2.75) is 46.3 Å². The van der Waals surface area contributed by atoms with Gasteiger partial charge in [0.2, 0.25) is 0 Å². The zero-order valence-corrected chi connectivity index (χ0v) is 19.1. The third-order valence-corrected chi connectivity index (χ3v) is 5.00. The number of unbranched alkanes of at least 4 members (excludes halogenated alkanes) is 1. The summed E-state index contributed by atoms with van der Waals surface area (Å²) in [6.07, 6.45) is 3.21. The van der Waals surface area contributed by atoms with E-state index in [9.17, 15) is 4.39 Å². The summed E-state index contributed by atoms with van der Waals surface area (Å²) in [7, 11) is 0. The highest BCUT2D eigenvalue weighted by Crippen LogP contribution is 2.37. The van der Waals surface area contributed by atoms with Crippen LogP contribution in [0.15, 0.2) is 30.3 Å². The van der Waals surface area contributed by atoms with Crippen molar-refractivity contribution in [2.75, 3.05) is 26.4 Å². The molecule has 30 heavy (non-hydrogen) atoms. The molecule has 2 rings (SSSR count). The summed E-state index contributed by atoms with van der Waals surface area (Å²) >= 11 is 12.5. The van der Waals surface area contributed by atoms with Crippen LogP contribution in [0.5, 0.6) is 11.5 Å². The fourth-order valence-corrected chi connectivity index (χ4v) is 3.31. The average Bonchev–Trinajstić information content (AvgIpc) is 2.71. The molecule has 1 N–H and O–H groups in total. The van der Waals surface area contributed by atoms with Gasteiger partial charge in [-0.25, -0.2) is 4.39 Å². The summed E-state index contributed by atoms with van der Waals surface area (Å²) in [5.41, 5.74) is 1.67. The minimum Gasteiger partial charge on any atom is -0.490 e. The van der Waals surface area contributed by atoms with E-state index in [1.807, 2.05) is 19.1 Å². The highest BCUT2D eigenvalue weighted by molar-refractivity contribution is 6.32. The van der Waals surface area contributed by atoms with Crippen molar-refractivity contribution in [2.24, 2.45) is 0 Å². The minimum absolute atomic E-state index is 0.161. The van der Waals surface area contributed by atoms with Crippen molar-refractivity contribution in [3.8, 4) is 11.5 Å². The average molecular weight is 458 g/mol. The van der Waals surface area contributed by atoms with E-state index in [-0.39, 0.29) is 12.4 Å². The molecule has 0 aliphatic heterocycles. The lowest BCUT2D eigenvalue weighted by Gasteiger charge is -2.16. The van der Waals surface area contributed by atoms with Gasteiger partial charge in [0.15, 0.2) is 11.5 Å². The number of ether oxygens (including phenoxy) is 3. The highest BCUT2D eigenvalue weighted by Gasteiger charge is 2.14. The van der Waals surface area contributed by atoms with Crippen LogP contribution in [-0.2, 0) is 17.9 Å². The van der Waals surface area contributed by atoms with Gasteiger partial charge in [0.25, 0.3) is 0 Å². The molecule has 0 aliphatic rings. The molecule has 2 aromatic carbocycles. The maximum atomic E-state index is 13.2. The topological polar surface area (TPSA) is 39.7 Å². The lowest BCUT2D eigenvalue weighted by Crippen LogP contribution is -2.16. The first-order valence-corrected chi connectivity index (χ1v) is 11.1. The normalized spacial score (nSPS) is 11.0. The van der Waals surface area contributed by atoms with E-state index in [1.54, 1.807) is 6.07 Å². The maximum absolute atomic E-state index is 13.2. The molecule has 4 nitrogen and oxygen atoms in total. The largest absolute Gasteiger partial charge is 0.490 e. The number of hydrogen-bond acceptors (Lipinski definition) is 4. The molecule has 0 saturated carbocycles. The van der Waals surface area contributed by atoms with Crippen LogP contribution in [0.4, 0.5) is 4.39 Å². The van der Waals surface area contributed by atoms with Crippen molar-refractivity contribution < 1.29 is 18.6 Å². The van der Waals surface area contributed by atoms with Crippen LogP contribution in [0.1, 0.15) is 44.2 Å². The third-order valence-electron chi connectivity index (χ3n) is 4.37. The van der Waals surface area contributed by atoms with Crippen molar-refractivity contribution in [1.82, 2.24) is 5.32 Å². The molecule has 0 atom stereocenters. The summed E-state index contributed by atoms with van der Waals surface area (Å²) in [4.78, 5) is 0. The van der Waals surface area contributed by atoms with Crippen molar-refractivity contribution in [3.63, 3.8) is 0 Å². The molecular formula is C23H30Cl2FNO3. The van der Waals surface area contributed by atoms with Gasteiger partial charge in [0, 0.05) is 25.3 Å². The summed E-state index contributed by atoms with van der Waals surface area (Å²) < 4.78 is 30.4. The molecule has 0 aliphatic carbocycles. The zero-order chi connectivity index (χ0) is 21.8. The van der Waals surface area contributed by atoms with Crippen molar-refractivity contribution >= 4 is 23.2 Å². The number of halogens is 3. The van der Waals surface area contributed by atoms with E-state index in [2.05, 4.69) is 12.2 Å². The third kappa shape index (κ3) is 8.31. The highest BCUT2D eigenvalue weighted by atomic mass is 35.5. The first-order chi connectivity index (χ1) is 14.5. The van der Waals surface area contributed by atoms with Gasteiger partial charge in [-0.05, 0) is 56.1 Å². The van der Waals surface area contributed by atoms with Crippen LogP contribution in [0.3, 0.4) is 0 Å². The van der Waals surface area contributed by atoms with E-state index in [0.29, 0.717) is 40.3 Å². The van der Waals surface area contributed by atoms with Gasteiger partial charge in [-0.15, -0.1) is 0 Å². The molecule has 2 aromatic rings. The number of benzene rings is 2. The van der Waals surface area contributed by atoms with Crippen LogP contribution in [-0.4, -0.2) is 26.4 Å². The van der Waals surface area contributed by atoms with Crippen LogP contribution in [0.2, 0.25) is 10.0 Å². The Morgan fingerprint density at radius 3 is 2.50 bits per heavy atom. The fraction of sp³-hybridized carbons (Fsp3) is 0.478. The predicted octanol–water partition coefficient (Wildman–Crippen LogP) is 6.41. The van der Waals surface area contributed by atoms with E-state index in [0.717, 1.165) is 44.6 Å². The van der Waals surface area contributed by atoms with E-state index >= 15 is 0 Å². The van der Waals surface area contributed by atoms with Crippen LogP contribution in [0.25, 0.3) is 0 Å². The second-order valence-electron chi connectivity index (χ2n) is 6.86. The number of rotatable bonds is 14. The van der Waals surface area contributed by atoms with Gasteiger partial charge in [-0.3, -0.25) is 0 Å². The molecule has 0 aromatic heterocycles. The van der Waals surface area contributed by atoms with Gasteiger partial charge in [-0.1, -0.05) is 42.6 Å². The molecule has 0 spiro atoms. The van der Waals surface area contributed by atoms with Crippen LogP contribution in [0, 0.1) is 5.82 Å². The van der Waals surface area contributed by atoms with Crippen LogP contribution < -0.4 is 14.8 Å². The first kappa shape index (κ1) is 24.7. The van der Waals surface area contributed by atoms with Gasteiger partial charge in [-0.2, -0.15) is 0 Å². The molecule has 0 radical (unpaired) electrons. The summed E-state index contributed by atoms with van der Waals surface area (Å²) in [6, 6.07) is 7.97. The zero-order valence-electron chi connectivity index (χ0n) is 17.6. The van der Waals surface area contributed by atoms with Crippen molar-refractivity contribution in [3.05, 3.63) is 57.3 Å². The fourth-order valence-electron chi connectivity index (χ4n) is 2.80. The monoisotopic (exact) mass is 457 g/mol. The quantitative estimate of drug-likeness (QED) is 0.332. The SMILES string of the molecule is CCCCOCCCNCc1cc(Cl)c(OCc2ccc(F)cc2Cl)c(OCC)c1. The van der Waals surface area contributed by atoms with E-state index in [1.165, 1.54) is 12.1 Å². The Balaban J connectivity index is 1.92. The van der Waals surface area contributed by atoms with Crippen LogP contribution >= 0.6 is 23.2 Å². The molecular weight excluding hydrogens is 428 g/mol. The summed E-state index contributed by atoms with van der Waals surface area (Å²) in [6.45, 7) is 7.81. The second-order valence-corrected chi connectivity index (χ2v) is 7.67. The number of nitrogens with one attached hydrogen (secondary N) is 1. The molecule has 0 heterocycles.